The normalized spacial score (nSPS) is 13.2. The largest absolute Gasteiger partial charge is 0.383 e. The summed E-state index contributed by atoms with van der Waals surface area (Å²) < 4.78 is 5.79. The highest BCUT2D eigenvalue weighted by molar-refractivity contribution is 7.05. The van der Waals surface area contributed by atoms with Crippen molar-refractivity contribution in [1.29, 1.82) is 0 Å². The van der Waals surface area contributed by atoms with E-state index in [0.717, 1.165) is 29.1 Å². The third-order valence-electron chi connectivity index (χ3n) is 2.76. The van der Waals surface area contributed by atoms with Gasteiger partial charge in [0.1, 0.15) is 6.10 Å². The molecule has 2 heterocycles. The van der Waals surface area contributed by atoms with E-state index in [9.17, 15) is 5.11 Å². The lowest BCUT2D eigenvalue weighted by molar-refractivity contribution is 0.222. The first-order valence-corrected chi connectivity index (χ1v) is 6.93. The lowest BCUT2D eigenvalue weighted by Crippen LogP contribution is -2.02. The van der Waals surface area contributed by atoms with Crippen molar-refractivity contribution < 1.29 is 5.11 Å². The van der Waals surface area contributed by atoms with Gasteiger partial charge >= 0.3 is 0 Å². The summed E-state index contributed by atoms with van der Waals surface area (Å²) in [5.74, 6) is 0.263. The number of aliphatic hydroxyl groups is 1. The first-order chi connectivity index (χ1) is 8.63. The summed E-state index contributed by atoms with van der Waals surface area (Å²) >= 11 is 1.26. The molecule has 6 heteroatoms. The van der Waals surface area contributed by atoms with E-state index in [0.29, 0.717) is 0 Å². The molecule has 0 radical (unpaired) electrons. The maximum atomic E-state index is 10.4. The van der Waals surface area contributed by atoms with E-state index in [-0.39, 0.29) is 5.92 Å². The number of aliphatic hydroxyl groups excluding tert-OH is 1. The zero-order valence-corrected chi connectivity index (χ0v) is 11.7. The summed E-state index contributed by atoms with van der Waals surface area (Å²) in [4.78, 5) is 0.820. The molecular weight excluding hydrogens is 248 g/mol. The Bertz CT molecular complexity index is 506. The molecule has 0 aliphatic rings. The molecular formula is C12H18N4OS. The zero-order valence-electron chi connectivity index (χ0n) is 10.9. The van der Waals surface area contributed by atoms with Gasteiger partial charge in [-0.05, 0) is 23.9 Å². The van der Waals surface area contributed by atoms with E-state index in [4.69, 9.17) is 0 Å². The number of nitrogens with zero attached hydrogens (tertiary/aromatic N) is 4. The summed E-state index contributed by atoms with van der Waals surface area (Å²) in [5, 5.41) is 18.7. The second kappa shape index (κ2) is 5.58. The van der Waals surface area contributed by atoms with Crippen molar-refractivity contribution in [1.82, 2.24) is 19.4 Å². The van der Waals surface area contributed by atoms with Gasteiger partial charge in [-0.1, -0.05) is 25.3 Å². The zero-order chi connectivity index (χ0) is 13.1. The van der Waals surface area contributed by atoms with Crippen molar-refractivity contribution in [2.24, 2.45) is 0 Å². The van der Waals surface area contributed by atoms with E-state index < -0.39 is 6.10 Å². The van der Waals surface area contributed by atoms with Gasteiger partial charge in [0, 0.05) is 18.3 Å². The van der Waals surface area contributed by atoms with Crippen LogP contribution in [0.2, 0.25) is 0 Å². The average molecular weight is 266 g/mol. The molecule has 2 rings (SSSR count). The van der Waals surface area contributed by atoms with E-state index in [1.54, 1.807) is 6.20 Å². The second-order valence-electron chi connectivity index (χ2n) is 4.62. The van der Waals surface area contributed by atoms with Crippen LogP contribution >= 0.6 is 11.5 Å². The molecule has 98 valence electrons. The standard InChI is InChI=1S/C12H18N4OS/c1-4-5-16-7-9(6-13-16)11(17)12-10(8(2)3)14-15-18-12/h6-8,11,17H,4-5H2,1-3H3. The summed E-state index contributed by atoms with van der Waals surface area (Å²) in [6.07, 6.45) is 3.95. The third kappa shape index (κ3) is 2.59. The van der Waals surface area contributed by atoms with E-state index in [2.05, 4.69) is 21.6 Å². The topological polar surface area (TPSA) is 63.8 Å². The van der Waals surface area contributed by atoms with Gasteiger partial charge in [0.25, 0.3) is 0 Å². The number of hydrogen-bond acceptors (Lipinski definition) is 5. The lowest BCUT2D eigenvalue weighted by Gasteiger charge is -2.09. The fourth-order valence-corrected chi connectivity index (χ4v) is 2.64. The van der Waals surface area contributed by atoms with Crippen LogP contribution in [-0.4, -0.2) is 24.5 Å². The van der Waals surface area contributed by atoms with Crippen molar-refractivity contribution >= 4 is 11.5 Å². The summed E-state index contributed by atoms with van der Waals surface area (Å²) in [7, 11) is 0. The minimum absolute atomic E-state index is 0.263. The fourth-order valence-electron chi connectivity index (χ4n) is 1.82. The summed E-state index contributed by atoms with van der Waals surface area (Å²) in [5.41, 5.74) is 1.67. The molecule has 0 amide bonds. The van der Waals surface area contributed by atoms with Gasteiger partial charge in [0.05, 0.1) is 16.8 Å². The van der Waals surface area contributed by atoms with Crippen LogP contribution in [-0.2, 0) is 6.54 Å². The Hall–Kier alpha value is -1.27. The molecule has 0 aromatic carbocycles. The quantitative estimate of drug-likeness (QED) is 0.902. The maximum absolute atomic E-state index is 10.4. The smallest absolute Gasteiger partial charge is 0.120 e. The summed E-state index contributed by atoms with van der Waals surface area (Å²) in [6, 6.07) is 0. The van der Waals surface area contributed by atoms with Crippen LogP contribution in [0.3, 0.4) is 0 Å². The van der Waals surface area contributed by atoms with Crippen molar-refractivity contribution in [2.45, 2.75) is 45.8 Å². The molecule has 0 aliphatic heterocycles. The molecule has 18 heavy (non-hydrogen) atoms. The van der Waals surface area contributed by atoms with Gasteiger partial charge in [-0.15, -0.1) is 5.10 Å². The van der Waals surface area contributed by atoms with E-state index in [1.807, 2.05) is 24.7 Å². The first kappa shape index (κ1) is 13.2. The second-order valence-corrected chi connectivity index (χ2v) is 5.40. The summed E-state index contributed by atoms with van der Waals surface area (Å²) in [6.45, 7) is 7.06. The lowest BCUT2D eigenvalue weighted by atomic mass is 10.0. The number of hydrogen-bond donors (Lipinski definition) is 1. The van der Waals surface area contributed by atoms with E-state index >= 15 is 0 Å². The molecule has 0 spiro atoms. The molecule has 0 bridgehead atoms. The minimum atomic E-state index is -0.673. The number of aryl methyl sites for hydroxylation is 1. The monoisotopic (exact) mass is 266 g/mol. The molecule has 1 N–H and O–H groups in total. The van der Waals surface area contributed by atoms with Gasteiger partial charge in [-0.2, -0.15) is 5.10 Å². The molecule has 2 aromatic rings. The van der Waals surface area contributed by atoms with Crippen molar-refractivity contribution in [3.63, 3.8) is 0 Å². The highest BCUT2D eigenvalue weighted by atomic mass is 32.1. The molecule has 0 aliphatic carbocycles. The predicted molar refractivity (Wildman–Crippen MR) is 70.6 cm³/mol. The Morgan fingerprint density at radius 3 is 2.89 bits per heavy atom. The minimum Gasteiger partial charge on any atom is -0.383 e. The van der Waals surface area contributed by atoms with Gasteiger partial charge in [0.2, 0.25) is 0 Å². The van der Waals surface area contributed by atoms with Crippen LogP contribution in [0.4, 0.5) is 0 Å². The fraction of sp³-hybridized carbons (Fsp3) is 0.583. The third-order valence-corrected chi connectivity index (χ3v) is 3.55. The number of rotatable bonds is 5. The highest BCUT2D eigenvalue weighted by Crippen LogP contribution is 2.30. The molecule has 1 atom stereocenters. The Morgan fingerprint density at radius 1 is 1.44 bits per heavy atom. The molecule has 5 nitrogen and oxygen atoms in total. The van der Waals surface area contributed by atoms with Crippen LogP contribution < -0.4 is 0 Å². The molecule has 0 saturated carbocycles. The van der Waals surface area contributed by atoms with Crippen molar-refractivity contribution in [3.8, 4) is 0 Å². The molecule has 0 saturated heterocycles. The molecule has 1 unspecified atom stereocenters. The van der Waals surface area contributed by atoms with Crippen LogP contribution in [0.5, 0.6) is 0 Å². The van der Waals surface area contributed by atoms with Crippen LogP contribution in [0.25, 0.3) is 0 Å². The number of aromatic nitrogens is 4. The molecule has 0 fully saturated rings. The Morgan fingerprint density at radius 2 is 2.22 bits per heavy atom. The average Bonchev–Trinajstić information content (AvgIpc) is 2.96. The van der Waals surface area contributed by atoms with E-state index in [1.165, 1.54) is 11.5 Å². The van der Waals surface area contributed by atoms with Crippen LogP contribution in [0, 0.1) is 0 Å². The van der Waals surface area contributed by atoms with Gasteiger partial charge < -0.3 is 5.11 Å². The highest BCUT2D eigenvalue weighted by Gasteiger charge is 2.21. The van der Waals surface area contributed by atoms with Crippen LogP contribution in [0.15, 0.2) is 12.4 Å². The Balaban J connectivity index is 2.24. The van der Waals surface area contributed by atoms with Crippen LogP contribution in [0.1, 0.15) is 55.3 Å². The van der Waals surface area contributed by atoms with Gasteiger partial charge in [-0.3, -0.25) is 4.68 Å². The van der Waals surface area contributed by atoms with Gasteiger partial charge in [0.15, 0.2) is 0 Å². The van der Waals surface area contributed by atoms with Gasteiger partial charge in [-0.25, -0.2) is 0 Å². The van der Waals surface area contributed by atoms with Crippen molar-refractivity contribution in [2.75, 3.05) is 0 Å². The Labute approximate surface area is 111 Å². The first-order valence-electron chi connectivity index (χ1n) is 6.16. The van der Waals surface area contributed by atoms with Crippen molar-refractivity contribution in [3.05, 3.63) is 28.5 Å². The SMILES string of the molecule is CCCn1cc(C(O)c2snnc2C(C)C)cn1. The maximum Gasteiger partial charge on any atom is 0.120 e. The Kier molecular flexibility index (Phi) is 4.08. The predicted octanol–water partition coefficient (Wildman–Crippen LogP) is 2.35. The molecule has 2 aromatic heterocycles.